The molecule has 0 aromatic carbocycles. The zero-order valence-electron chi connectivity index (χ0n) is 7.64. The standard InChI is InChI=1S/C7H4F10/c1-2-4(9,10)3(8)5(11,12)6(13,14)7(15,16)17/h2-3H,1H2. The van der Waals surface area contributed by atoms with Crippen LogP contribution in [0.25, 0.3) is 0 Å². The average Bonchev–Trinajstić information content (AvgIpc) is 2.14. The molecule has 0 spiro atoms. The summed E-state index contributed by atoms with van der Waals surface area (Å²) in [6.07, 6.45) is -12.7. The topological polar surface area (TPSA) is 0 Å². The summed E-state index contributed by atoms with van der Waals surface area (Å²) in [5.74, 6) is -18.8. The Bertz CT molecular complexity index is 288. The van der Waals surface area contributed by atoms with Crippen molar-refractivity contribution in [2.75, 3.05) is 0 Å². The summed E-state index contributed by atoms with van der Waals surface area (Å²) in [5, 5.41) is 0. The molecule has 0 saturated carbocycles. The summed E-state index contributed by atoms with van der Waals surface area (Å²) >= 11 is 0. The highest BCUT2D eigenvalue weighted by Crippen LogP contribution is 2.51. The molecule has 102 valence electrons. The van der Waals surface area contributed by atoms with Gasteiger partial charge in [-0.05, 0) is 6.08 Å². The van der Waals surface area contributed by atoms with Gasteiger partial charge in [-0.1, -0.05) is 6.58 Å². The van der Waals surface area contributed by atoms with Crippen LogP contribution in [0, 0.1) is 0 Å². The first-order valence-corrected chi connectivity index (χ1v) is 3.69. The first-order chi connectivity index (χ1) is 7.22. The zero-order valence-corrected chi connectivity index (χ0v) is 7.64. The van der Waals surface area contributed by atoms with E-state index in [1.54, 1.807) is 0 Å². The van der Waals surface area contributed by atoms with Crippen LogP contribution in [0.2, 0.25) is 0 Å². The molecule has 17 heavy (non-hydrogen) atoms. The van der Waals surface area contributed by atoms with Crippen LogP contribution in [0.3, 0.4) is 0 Å². The van der Waals surface area contributed by atoms with E-state index in [0.29, 0.717) is 0 Å². The molecule has 10 heteroatoms. The van der Waals surface area contributed by atoms with E-state index in [2.05, 4.69) is 6.58 Å². The molecule has 0 fully saturated rings. The van der Waals surface area contributed by atoms with Gasteiger partial charge in [0.25, 0.3) is 0 Å². The van der Waals surface area contributed by atoms with Crippen LogP contribution >= 0.6 is 0 Å². The van der Waals surface area contributed by atoms with Crippen molar-refractivity contribution in [3.8, 4) is 0 Å². The first-order valence-electron chi connectivity index (χ1n) is 3.69. The largest absolute Gasteiger partial charge is 0.459 e. The van der Waals surface area contributed by atoms with Gasteiger partial charge in [0.15, 0.2) is 0 Å². The maximum absolute atomic E-state index is 12.4. The zero-order chi connectivity index (χ0) is 14.3. The van der Waals surface area contributed by atoms with Crippen LogP contribution in [0.15, 0.2) is 12.7 Å². The molecular weight excluding hydrogens is 274 g/mol. The lowest BCUT2D eigenvalue weighted by Crippen LogP contribution is -2.60. The monoisotopic (exact) mass is 278 g/mol. The summed E-state index contributed by atoms with van der Waals surface area (Å²) in [4.78, 5) is 0. The van der Waals surface area contributed by atoms with Gasteiger partial charge in [-0.25, -0.2) is 4.39 Å². The van der Waals surface area contributed by atoms with Gasteiger partial charge in [0.1, 0.15) is 0 Å². The predicted molar refractivity (Wildman–Crippen MR) is 36.0 cm³/mol. The molecule has 0 aromatic heterocycles. The maximum Gasteiger partial charge on any atom is 0.459 e. The Balaban J connectivity index is 5.49. The van der Waals surface area contributed by atoms with Crippen LogP contribution in [0.4, 0.5) is 43.9 Å². The third-order valence-electron chi connectivity index (χ3n) is 1.70. The second kappa shape index (κ2) is 4.05. The van der Waals surface area contributed by atoms with Crippen LogP contribution in [-0.2, 0) is 0 Å². The van der Waals surface area contributed by atoms with E-state index in [4.69, 9.17) is 0 Å². The van der Waals surface area contributed by atoms with Gasteiger partial charge in [0.05, 0.1) is 0 Å². The van der Waals surface area contributed by atoms with Gasteiger partial charge in [-0.3, -0.25) is 0 Å². The molecule has 0 saturated heterocycles. The van der Waals surface area contributed by atoms with Crippen molar-refractivity contribution in [2.24, 2.45) is 0 Å². The van der Waals surface area contributed by atoms with Gasteiger partial charge in [0, 0.05) is 0 Å². The fourth-order valence-corrected chi connectivity index (χ4v) is 0.693. The Morgan fingerprint density at radius 2 is 1.18 bits per heavy atom. The quantitative estimate of drug-likeness (QED) is 0.539. The molecule has 0 aromatic rings. The van der Waals surface area contributed by atoms with Crippen molar-refractivity contribution in [2.45, 2.75) is 30.1 Å². The summed E-state index contributed by atoms with van der Waals surface area (Å²) in [6, 6.07) is 0. The van der Waals surface area contributed by atoms with Crippen molar-refractivity contribution in [3.63, 3.8) is 0 Å². The second-order valence-corrected chi connectivity index (χ2v) is 2.94. The molecule has 0 aliphatic carbocycles. The Hall–Kier alpha value is -0.960. The minimum absolute atomic E-state index is 0.780. The predicted octanol–water partition coefficient (Wildman–Crippen LogP) is 3.98. The third-order valence-corrected chi connectivity index (χ3v) is 1.70. The normalized spacial score (nSPS) is 16.8. The van der Waals surface area contributed by atoms with E-state index in [0.717, 1.165) is 0 Å². The highest BCUT2D eigenvalue weighted by atomic mass is 19.4. The number of hydrogen-bond acceptors (Lipinski definition) is 0. The number of rotatable bonds is 4. The summed E-state index contributed by atoms with van der Waals surface area (Å²) in [5.41, 5.74) is 0. The second-order valence-electron chi connectivity index (χ2n) is 2.94. The lowest BCUT2D eigenvalue weighted by molar-refractivity contribution is -0.375. The molecule has 0 aliphatic heterocycles. The molecule has 0 heterocycles. The Kier molecular flexibility index (Phi) is 3.83. The number of halogens is 10. The van der Waals surface area contributed by atoms with Gasteiger partial charge >= 0.3 is 23.9 Å². The van der Waals surface area contributed by atoms with Crippen LogP contribution < -0.4 is 0 Å². The SMILES string of the molecule is C=CC(F)(F)C(F)C(F)(F)C(F)(F)C(F)(F)F. The molecule has 0 aliphatic rings. The van der Waals surface area contributed by atoms with Gasteiger partial charge < -0.3 is 0 Å². The smallest absolute Gasteiger partial charge is 0.233 e. The lowest BCUT2D eigenvalue weighted by atomic mass is 10.0. The molecule has 0 amide bonds. The van der Waals surface area contributed by atoms with Crippen molar-refractivity contribution in [1.82, 2.24) is 0 Å². The van der Waals surface area contributed by atoms with Gasteiger partial charge in [-0.2, -0.15) is 39.5 Å². The molecular formula is C7H4F10. The fourth-order valence-electron chi connectivity index (χ4n) is 0.693. The molecule has 0 nitrogen and oxygen atoms in total. The number of allylic oxidation sites excluding steroid dienone is 1. The minimum Gasteiger partial charge on any atom is -0.233 e. The van der Waals surface area contributed by atoms with Crippen molar-refractivity contribution < 1.29 is 43.9 Å². The number of hydrogen-bond donors (Lipinski definition) is 0. The van der Waals surface area contributed by atoms with E-state index in [9.17, 15) is 43.9 Å². The molecule has 1 unspecified atom stereocenters. The van der Waals surface area contributed by atoms with Gasteiger partial charge in [0.2, 0.25) is 6.17 Å². The van der Waals surface area contributed by atoms with E-state index in [1.165, 1.54) is 0 Å². The highest BCUT2D eigenvalue weighted by molar-refractivity contribution is 5.06. The van der Waals surface area contributed by atoms with Crippen molar-refractivity contribution in [1.29, 1.82) is 0 Å². The van der Waals surface area contributed by atoms with Gasteiger partial charge in [-0.15, -0.1) is 0 Å². The summed E-state index contributed by atoms with van der Waals surface area (Å²) < 4.78 is 121. The van der Waals surface area contributed by atoms with Crippen LogP contribution in [0.1, 0.15) is 0 Å². The van der Waals surface area contributed by atoms with E-state index < -0.39 is 36.2 Å². The molecule has 1 atom stereocenters. The first kappa shape index (κ1) is 16.0. The average molecular weight is 278 g/mol. The van der Waals surface area contributed by atoms with Crippen molar-refractivity contribution in [3.05, 3.63) is 12.7 Å². The number of alkyl halides is 10. The molecule has 0 radical (unpaired) electrons. The summed E-state index contributed by atoms with van der Waals surface area (Å²) in [6.45, 7) is 2.16. The van der Waals surface area contributed by atoms with Crippen LogP contribution in [0.5, 0.6) is 0 Å². The van der Waals surface area contributed by atoms with E-state index >= 15 is 0 Å². The third kappa shape index (κ3) is 2.49. The Labute approximate surface area is 87.9 Å². The minimum atomic E-state index is -6.92. The van der Waals surface area contributed by atoms with Crippen molar-refractivity contribution >= 4 is 0 Å². The fraction of sp³-hybridized carbons (Fsp3) is 0.714. The van der Waals surface area contributed by atoms with Crippen LogP contribution in [-0.4, -0.2) is 30.1 Å². The Morgan fingerprint density at radius 1 is 0.824 bits per heavy atom. The van der Waals surface area contributed by atoms with E-state index in [-0.39, 0.29) is 0 Å². The maximum atomic E-state index is 12.4. The highest BCUT2D eigenvalue weighted by Gasteiger charge is 2.78. The molecule has 0 N–H and O–H groups in total. The lowest BCUT2D eigenvalue weighted by Gasteiger charge is -2.32. The van der Waals surface area contributed by atoms with E-state index in [1.807, 2.05) is 0 Å². The summed E-state index contributed by atoms with van der Waals surface area (Å²) in [7, 11) is 0. The molecule has 0 bridgehead atoms. The molecule has 0 rings (SSSR count). The Morgan fingerprint density at radius 3 is 1.41 bits per heavy atom.